The molecule has 2 aliphatic rings. The fourth-order valence-corrected chi connectivity index (χ4v) is 4.61. The maximum absolute atomic E-state index is 10.9. The van der Waals surface area contributed by atoms with Gasteiger partial charge in [0.25, 0.3) is 0 Å². The standard InChI is InChI=1S/C25H33N3O2/c1-4-28-15-13-25(14-16-28)26-21(19-11-9-18(3)10-12-19)17-22(27-25)20-7-6-8-23(24(20)29)30-5-2/h6-12,22,27,29H,4-5,13-17H2,1-3H3/t22-/m0/s1. The molecule has 0 saturated carbocycles. The molecule has 5 nitrogen and oxygen atoms in total. The summed E-state index contributed by atoms with van der Waals surface area (Å²) in [6.45, 7) is 9.93. The highest BCUT2D eigenvalue weighted by atomic mass is 16.5. The summed E-state index contributed by atoms with van der Waals surface area (Å²) in [7, 11) is 0. The summed E-state index contributed by atoms with van der Waals surface area (Å²) in [6.07, 6.45) is 2.68. The van der Waals surface area contributed by atoms with E-state index < -0.39 is 0 Å². The summed E-state index contributed by atoms with van der Waals surface area (Å²) in [5.74, 6) is 0.786. The van der Waals surface area contributed by atoms with Crippen molar-refractivity contribution in [2.75, 3.05) is 26.2 Å². The zero-order valence-corrected chi connectivity index (χ0v) is 18.3. The Kier molecular flexibility index (Phi) is 6.11. The molecule has 0 amide bonds. The van der Waals surface area contributed by atoms with Crippen molar-refractivity contribution in [2.24, 2.45) is 4.99 Å². The number of benzene rings is 2. The lowest BCUT2D eigenvalue weighted by Gasteiger charge is -2.45. The first-order chi connectivity index (χ1) is 14.5. The van der Waals surface area contributed by atoms with E-state index in [1.165, 1.54) is 11.1 Å². The largest absolute Gasteiger partial charge is 0.504 e. The number of aliphatic imine (C=N–C) groups is 1. The summed E-state index contributed by atoms with van der Waals surface area (Å²) < 4.78 is 5.64. The van der Waals surface area contributed by atoms with Gasteiger partial charge in [0.15, 0.2) is 11.5 Å². The smallest absolute Gasteiger partial charge is 0.162 e. The molecule has 5 heteroatoms. The summed E-state index contributed by atoms with van der Waals surface area (Å²) >= 11 is 0. The molecule has 0 aromatic heterocycles. The van der Waals surface area contributed by atoms with Crippen molar-refractivity contribution in [1.82, 2.24) is 10.2 Å². The zero-order chi connectivity index (χ0) is 21.1. The molecule has 1 fully saturated rings. The molecule has 2 aromatic rings. The van der Waals surface area contributed by atoms with E-state index in [0.29, 0.717) is 12.4 Å². The third-order valence-electron chi connectivity index (χ3n) is 6.41. The molecular weight excluding hydrogens is 374 g/mol. The lowest BCUT2D eigenvalue weighted by atomic mass is 9.87. The Hall–Kier alpha value is -2.37. The van der Waals surface area contributed by atoms with Crippen LogP contribution in [-0.4, -0.2) is 47.6 Å². The Morgan fingerprint density at radius 2 is 1.87 bits per heavy atom. The van der Waals surface area contributed by atoms with Crippen molar-refractivity contribution in [3.8, 4) is 11.5 Å². The van der Waals surface area contributed by atoms with Crippen LogP contribution in [-0.2, 0) is 0 Å². The fraction of sp³-hybridized carbons (Fsp3) is 0.480. The number of aromatic hydroxyl groups is 1. The van der Waals surface area contributed by atoms with Gasteiger partial charge in [-0.05, 0) is 44.9 Å². The molecule has 2 aromatic carbocycles. The summed E-state index contributed by atoms with van der Waals surface area (Å²) in [5, 5.41) is 14.7. The molecule has 2 heterocycles. The van der Waals surface area contributed by atoms with Gasteiger partial charge in [-0.25, -0.2) is 0 Å². The Morgan fingerprint density at radius 3 is 2.53 bits per heavy atom. The van der Waals surface area contributed by atoms with Gasteiger partial charge in [-0.3, -0.25) is 10.3 Å². The first kappa shape index (κ1) is 20.9. The quantitative estimate of drug-likeness (QED) is 0.770. The molecule has 1 spiro atoms. The van der Waals surface area contributed by atoms with E-state index in [-0.39, 0.29) is 17.5 Å². The molecule has 1 atom stereocenters. The van der Waals surface area contributed by atoms with Gasteiger partial charge in [-0.2, -0.15) is 0 Å². The van der Waals surface area contributed by atoms with Gasteiger partial charge >= 0.3 is 0 Å². The zero-order valence-electron chi connectivity index (χ0n) is 18.3. The van der Waals surface area contributed by atoms with E-state index in [1.807, 2.05) is 25.1 Å². The van der Waals surface area contributed by atoms with Gasteiger partial charge in [-0.1, -0.05) is 48.9 Å². The minimum Gasteiger partial charge on any atom is -0.504 e. The fourth-order valence-electron chi connectivity index (χ4n) is 4.61. The van der Waals surface area contributed by atoms with Gasteiger partial charge in [0.05, 0.1) is 6.61 Å². The van der Waals surface area contributed by atoms with Crippen LogP contribution in [0.2, 0.25) is 0 Å². The lowest BCUT2D eigenvalue weighted by molar-refractivity contribution is 0.129. The average Bonchev–Trinajstić information content (AvgIpc) is 2.76. The summed E-state index contributed by atoms with van der Waals surface area (Å²) in [4.78, 5) is 7.75. The van der Waals surface area contributed by atoms with E-state index in [9.17, 15) is 5.11 Å². The molecule has 30 heavy (non-hydrogen) atoms. The minimum absolute atomic E-state index is 0.00705. The highest BCUT2D eigenvalue weighted by Crippen LogP contribution is 2.40. The molecule has 0 unspecified atom stereocenters. The number of likely N-dealkylation sites (tertiary alicyclic amines) is 1. The third-order valence-corrected chi connectivity index (χ3v) is 6.41. The highest BCUT2D eigenvalue weighted by Gasteiger charge is 2.40. The number of nitrogens with one attached hydrogen (secondary N) is 1. The average molecular weight is 408 g/mol. The normalized spacial score (nSPS) is 21.4. The van der Waals surface area contributed by atoms with Crippen molar-refractivity contribution in [3.63, 3.8) is 0 Å². The Balaban J connectivity index is 1.71. The molecule has 2 aliphatic heterocycles. The molecule has 0 aliphatic carbocycles. The molecule has 160 valence electrons. The van der Waals surface area contributed by atoms with Crippen molar-refractivity contribution in [3.05, 3.63) is 59.2 Å². The predicted molar refractivity (Wildman–Crippen MR) is 122 cm³/mol. The van der Waals surface area contributed by atoms with Crippen molar-refractivity contribution >= 4 is 5.71 Å². The lowest BCUT2D eigenvalue weighted by Crippen LogP contribution is -2.56. The number of piperidine rings is 1. The summed E-state index contributed by atoms with van der Waals surface area (Å²) in [6, 6.07) is 14.4. The summed E-state index contributed by atoms with van der Waals surface area (Å²) in [5.41, 5.74) is 4.13. The van der Waals surface area contributed by atoms with E-state index >= 15 is 0 Å². The monoisotopic (exact) mass is 407 g/mol. The van der Waals surface area contributed by atoms with E-state index in [2.05, 4.69) is 48.3 Å². The Bertz CT molecular complexity index is 899. The number of para-hydroxylation sites is 1. The predicted octanol–water partition coefficient (Wildman–Crippen LogP) is 4.44. The minimum atomic E-state index is -0.289. The van der Waals surface area contributed by atoms with Crippen LogP contribution in [0.1, 0.15) is 55.8 Å². The van der Waals surface area contributed by atoms with Crippen LogP contribution in [0.5, 0.6) is 11.5 Å². The van der Waals surface area contributed by atoms with Crippen LogP contribution in [0.25, 0.3) is 0 Å². The number of phenols is 1. The van der Waals surface area contributed by atoms with Crippen LogP contribution in [0.15, 0.2) is 47.5 Å². The van der Waals surface area contributed by atoms with Crippen LogP contribution >= 0.6 is 0 Å². The van der Waals surface area contributed by atoms with Crippen molar-refractivity contribution in [2.45, 2.75) is 51.7 Å². The second-order valence-corrected chi connectivity index (χ2v) is 8.42. The molecule has 1 saturated heterocycles. The van der Waals surface area contributed by atoms with E-state index in [0.717, 1.165) is 50.2 Å². The van der Waals surface area contributed by atoms with Gasteiger partial charge in [0.1, 0.15) is 5.66 Å². The van der Waals surface area contributed by atoms with E-state index in [4.69, 9.17) is 9.73 Å². The highest BCUT2D eigenvalue weighted by molar-refractivity contribution is 6.01. The molecule has 2 N–H and O–H groups in total. The maximum atomic E-state index is 10.9. The number of hydrogen-bond acceptors (Lipinski definition) is 5. The number of ether oxygens (including phenoxy) is 1. The Labute approximate surface area is 179 Å². The maximum Gasteiger partial charge on any atom is 0.162 e. The first-order valence-corrected chi connectivity index (χ1v) is 11.1. The van der Waals surface area contributed by atoms with Crippen LogP contribution in [0, 0.1) is 6.92 Å². The van der Waals surface area contributed by atoms with Gasteiger partial charge in [0.2, 0.25) is 0 Å². The number of phenolic OH excluding ortho intramolecular Hbond substituents is 1. The SMILES string of the molecule is CCOc1cccc([C@@H]2CC(c3ccc(C)cc3)=NC3(CCN(CC)CC3)N2)c1O. The van der Waals surface area contributed by atoms with Crippen LogP contribution in [0.3, 0.4) is 0 Å². The second kappa shape index (κ2) is 8.78. The molecular formula is C25H33N3O2. The number of rotatable bonds is 5. The van der Waals surface area contributed by atoms with E-state index in [1.54, 1.807) is 0 Å². The van der Waals surface area contributed by atoms with Crippen LogP contribution < -0.4 is 10.1 Å². The third kappa shape index (κ3) is 4.23. The van der Waals surface area contributed by atoms with Gasteiger partial charge in [0, 0.05) is 36.8 Å². The van der Waals surface area contributed by atoms with Gasteiger partial charge in [-0.15, -0.1) is 0 Å². The number of aryl methyl sites for hydroxylation is 1. The number of nitrogens with zero attached hydrogens (tertiary/aromatic N) is 2. The van der Waals surface area contributed by atoms with Crippen molar-refractivity contribution in [1.29, 1.82) is 0 Å². The molecule has 0 bridgehead atoms. The number of hydrogen-bond donors (Lipinski definition) is 2. The Morgan fingerprint density at radius 1 is 1.13 bits per heavy atom. The first-order valence-electron chi connectivity index (χ1n) is 11.1. The molecule has 0 radical (unpaired) electrons. The van der Waals surface area contributed by atoms with Gasteiger partial charge < -0.3 is 14.7 Å². The van der Waals surface area contributed by atoms with Crippen LogP contribution in [0.4, 0.5) is 0 Å². The van der Waals surface area contributed by atoms with Crippen molar-refractivity contribution < 1.29 is 9.84 Å². The second-order valence-electron chi connectivity index (χ2n) is 8.42. The molecule has 4 rings (SSSR count). The topological polar surface area (TPSA) is 57.1 Å².